The summed E-state index contributed by atoms with van der Waals surface area (Å²) in [5.74, 6) is 1.12. The second kappa shape index (κ2) is 11.5. The van der Waals surface area contributed by atoms with Crippen molar-refractivity contribution in [2.75, 3.05) is 19.6 Å². The van der Waals surface area contributed by atoms with Gasteiger partial charge in [0.2, 0.25) is 0 Å². The highest BCUT2D eigenvalue weighted by molar-refractivity contribution is 5.85. The van der Waals surface area contributed by atoms with Crippen LogP contribution >= 0.6 is 24.8 Å². The van der Waals surface area contributed by atoms with E-state index in [1.807, 2.05) is 0 Å². The number of nitrogens with zero attached hydrogens (tertiary/aromatic N) is 1. The molecule has 2 N–H and O–H groups in total. The molecule has 0 radical (unpaired) electrons. The molecular formula is C20H31Cl2F3N2O. The summed E-state index contributed by atoms with van der Waals surface area (Å²) < 4.78 is 44.2. The van der Waals surface area contributed by atoms with E-state index in [0.717, 1.165) is 63.4 Å². The van der Waals surface area contributed by atoms with Crippen LogP contribution in [0.3, 0.4) is 0 Å². The lowest BCUT2D eigenvalue weighted by molar-refractivity contribution is -0.137. The Morgan fingerprint density at radius 2 is 1.64 bits per heavy atom. The number of piperidine rings is 1. The van der Waals surface area contributed by atoms with Crippen LogP contribution in [-0.4, -0.2) is 36.7 Å². The Morgan fingerprint density at radius 3 is 2.25 bits per heavy atom. The van der Waals surface area contributed by atoms with Gasteiger partial charge in [-0.05, 0) is 75.6 Å². The Bertz CT molecular complexity index is 573. The molecule has 0 atom stereocenters. The average molecular weight is 443 g/mol. The summed E-state index contributed by atoms with van der Waals surface area (Å²) in [6.45, 7) is 3.02. The van der Waals surface area contributed by atoms with E-state index in [1.165, 1.54) is 25.3 Å². The highest BCUT2D eigenvalue weighted by Gasteiger charge is 2.31. The lowest BCUT2D eigenvalue weighted by Gasteiger charge is -2.34. The molecule has 1 saturated heterocycles. The fourth-order valence-corrected chi connectivity index (χ4v) is 4.03. The molecule has 1 aliphatic heterocycles. The largest absolute Gasteiger partial charge is 0.490 e. The van der Waals surface area contributed by atoms with Crippen LogP contribution in [0.15, 0.2) is 24.3 Å². The maximum Gasteiger partial charge on any atom is 0.416 e. The minimum atomic E-state index is -4.33. The molecule has 2 fully saturated rings. The van der Waals surface area contributed by atoms with E-state index in [-0.39, 0.29) is 30.9 Å². The van der Waals surface area contributed by atoms with Gasteiger partial charge in [0.15, 0.2) is 0 Å². The van der Waals surface area contributed by atoms with Crippen LogP contribution in [0.1, 0.15) is 50.5 Å². The molecule has 1 aliphatic carbocycles. The van der Waals surface area contributed by atoms with Gasteiger partial charge in [-0.25, -0.2) is 0 Å². The van der Waals surface area contributed by atoms with Gasteiger partial charge in [0.1, 0.15) is 11.9 Å². The summed E-state index contributed by atoms with van der Waals surface area (Å²) in [7, 11) is 0. The zero-order valence-corrected chi connectivity index (χ0v) is 17.6. The van der Waals surface area contributed by atoms with Crippen LogP contribution in [0, 0.1) is 5.92 Å². The van der Waals surface area contributed by atoms with Crippen LogP contribution in [0.2, 0.25) is 0 Å². The number of alkyl halides is 3. The second-order valence-corrected chi connectivity index (χ2v) is 7.75. The Kier molecular flexibility index (Phi) is 10.4. The van der Waals surface area contributed by atoms with Crippen LogP contribution < -0.4 is 10.5 Å². The molecule has 2 aliphatic rings. The maximum absolute atomic E-state index is 12.8. The quantitative estimate of drug-likeness (QED) is 0.671. The average Bonchev–Trinajstić information content (AvgIpc) is 2.62. The number of halogens is 5. The van der Waals surface area contributed by atoms with Gasteiger partial charge >= 0.3 is 6.18 Å². The number of likely N-dealkylation sites (tertiary alicyclic amines) is 1. The third-order valence-electron chi connectivity index (χ3n) is 5.74. The van der Waals surface area contributed by atoms with Gasteiger partial charge in [-0.3, -0.25) is 0 Å². The van der Waals surface area contributed by atoms with Crippen molar-refractivity contribution in [3.63, 3.8) is 0 Å². The summed E-state index contributed by atoms with van der Waals surface area (Å²) in [6.07, 6.45) is 3.43. The highest BCUT2D eigenvalue weighted by atomic mass is 35.5. The SMILES string of the molecule is Cl.Cl.N[C@H]1CC[C@H](CCN2CCC(Oc3cccc(C(F)(F)F)c3)CC2)CC1. The molecule has 0 spiro atoms. The molecule has 1 heterocycles. The topological polar surface area (TPSA) is 38.5 Å². The molecule has 3 rings (SSSR count). The zero-order chi connectivity index (χ0) is 18.6. The van der Waals surface area contributed by atoms with E-state index in [9.17, 15) is 13.2 Å². The predicted molar refractivity (Wildman–Crippen MR) is 111 cm³/mol. The molecule has 0 amide bonds. The van der Waals surface area contributed by atoms with Gasteiger partial charge in [-0.2, -0.15) is 13.2 Å². The molecule has 28 heavy (non-hydrogen) atoms. The van der Waals surface area contributed by atoms with Crippen molar-refractivity contribution in [2.24, 2.45) is 11.7 Å². The van der Waals surface area contributed by atoms with E-state index in [1.54, 1.807) is 6.07 Å². The molecule has 1 saturated carbocycles. The Labute approximate surface area is 178 Å². The molecule has 0 bridgehead atoms. The molecule has 1 aromatic rings. The lowest BCUT2D eigenvalue weighted by Crippen LogP contribution is -2.39. The van der Waals surface area contributed by atoms with Crippen molar-refractivity contribution >= 4 is 24.8 Å². The number of benzene rings is 1. The number of nitrogens with two attached hydrogens (primary N) is 1. The minimum absolute atomic E-state index is 0. The fourth-order valence-electron chi connectivity index (χ4n) is 4.03. The van der Waals surface area contributed by atoms with E-state index < -0.39 is 11.7 Å². The van der Waals surface area contributed by atoms with Crippen molar-refractivity contribution in [2.45, 2.75) is 63.3 Å². The smallest absolute Gasteiger partial charge is 0.416 e. The van der Waals surface area contributed by atoms with Crippen molar-refractivity contribution in [3.05, 3.63) is 29.8 Å². The van der Waals surface area contributed by atoms with Gasteiger partial charge in [0, 0.05) is 19.1 Å². The van der Waals surface area contributed by atoms with Crippen molar-refractivity contribution in [1.29, 1.82) is 0 Å². The first-order valence-electron chi connectivity index (χ1n) is 9.72. The lowest BCUT2D eigenvalue weighted by atomic mass is 9.84. The van der Waals surface area contributed by atoms with Crippen LogP contribution in [0.4, 0.5) is 13.2 Å². The molecule has 162 valence electrons. The van der Waals surface area contributed by atoms with Gasteiger partial charge in [0.25, 0.3) is 0 Å². The third kappa shape index (κ3) is 7.62. The molecule has 3 nitrogen and oxygen atoms in total. The van der Waals surface area contributed by atoms with E-state index in [2.05, 4.69) is 4.90 Å². The first kappa shape index (κ1) is 25.3. The number of ether oxygens (including phenoxy) is 1. The zero-order valence-electron chi connectivity index (χ0n) is 16.0. The predicted octanol–water partition coefficient (Wildman–Crippen LogP) is 5.30. The normalized spacial score (nSPS) is 24.1. The summed E-state index contributed by atoms with van der Waals surface area (Å²) in [4.78, 5) is 2.46. The number of hydrogen-bond acceptors (Lipinski definition) is 3. The van der Waals surface area contributed by atoms with Crippen molar-refractivity contribution in [1.82, 2.24) is 4.90 Å². The standard InChI is InChI=1S/C20H29F3N2O.2ClH/c21-20(22,23)16-2-1-3-19(14-16)26-18-9-12-25(13-10-18)11-8-15-4-6-17(24)7-5-15;;/h1-3,14-15,17-18H,4-13,24H2;2*1H/t15-,17-;;. The summed E-state index contributed by atoms with van der Waals surface area (Å²) in [5, 5.41) is 0. The van der Waals surface area contributed by atoms with E-state index in [0.29, 0.717) is 11.8 Å². The Hall–Kier alpha value is -0.690. The first-order valence-corrected chi connectivity index (χ1v) is 9.72. The molecule has 0 aromatic heterocycles. The third-order valence-corrected chi connectivity index (χ3v) is 5.74. The van der Waals surface area contributed by atoms with Crippen LogP contribution in [0.25, 0.3) is 0 Å². The van der Waals surface area contributed by atoms with Gasteiger partial charge < -0.3 is 15.4 Å². The summed E-state index contributed by atoms with van der Waals surface area (Å²) in [6, 6.07) is 5.59. The van der Waals surface area contributed by atoms with Crippen LogP contribution in [-0.2, 0) is 6.18 Å². The highest BCUT2D eigenvalue weighted by Crippen LogP contribution is 2.32. The molecular weight excluding hydrogens is 412 g/mol. The molecule has 1 aromatic carbocycles. The van der Waals surface area contributed by atoms with Crippen molar-refractivity contribution < 1.29 is 17.9 Å². The summed E-state index contributed by atoms with van der Waals surface area (Å²) >= 11 is 0. The second-order valence-electron chi connectivity index (χ2n) is 7.75. The Morgan fingerprint density at radius 1 is 1.00 bits per heavy atom. The number of rotatable bonds is 5. The van der Waals surface area contributed by atoms with Gasteiger partial charge in [0.05, 0.1) is 5.56 Å². The first-order chi connectivity index (χ1) is 12.4. The monoisotopic (exact) mass is 442 g/mol. The Balaban J connectivity index is 0.00000196. The minimum Gasteiger partial charge on any atom is -0.490 e. The summed E-state index contributed by atoms with van der Waals surface area (Å²) in [5.41, 5.74) is 5.31. The van der Waals surface area contributed by atoms with Gasteiger partial charge in [-0.1, -0.05) is 6.07 Å². The van der Waals surface area contributed by atoms with Gasteiger partial charge in [-0.15, -0.1) is 24.8 Å². The van der Waals surface area contributed by atoms with E-state index >= 15 is 0 Å². The van der Waals surface area contributed by atoms with Crippen LogP contribution in [0.5, 0.6) is 5.75 Å². The maximum atomic E-state index is 12.8. The number of hydrogen-bond donors (Lipinski definition) is 1. The van der Waals surface area contributed by atoms with E-state index in [4.69, 9.17) is 10.5 Å². The fraction of sp³-hybridized carbons (Fsp3) is 0.700. The molecule has 8 heteroatoms. The molecule has 0 unspecified atom stereocenters. The van der Waals surface area contributed by atoms with Crippen molar-refractivity contribution in [3.8, 4) is 5.75 Å².